The number of aromatic nitrogens is 1. The first-order valence-electron chi connectivity index (χ1n) is 7.62. The van der Waals surface area contributed by atoms with Crippen LogP contribution in [0.5, 0.6) is 0 Å². The molecular formula is C16H19N5O2. The monoisotopic (exact) mass is 313 g/mol. The molecule has 0 saturated carbocycles. The van der Waals surface area contributed by atoms with Crippen LogP contribution in [0.4, 0.5) is 5.82 Å². The molecule has 7 heteroatoms. The largest absolute Gasteiger partial charge is 0.352 e. The van der Waals surface area contributed by atoms with Crippen molar-refractivity contribution < 1.29 is 9.59 Å². The first-order valence-corrected chi connectivity index (χ1v) is 7.62. The third-order valence-corrected chi connectivity index (χ3v) is 4.42. The maximum Gasteiger partial charge on any atom is 0.227 e. The van der Waals surface area contributed by atoms with Crippen molar-refractivity contribution in [3.8, 4) is 6.07 Å². The number of anilines is 1. The van der Waals surface area contributed by atoms with E-state index in [1.807, 2.05) is 21.9 Å². The van der Waals surface area contributed by atoms with Crippen molar-refractivity contribution in [1.29, 1.82) is 5.26 Å². The Morgan fingerprint density at radius 1 is 1.35 bits per heavy atom. The van der Waals surface area contributed by atoms with Gasteiger partial charge in [-0.1, -0.05) is 6.07 Å². The number of hydrogen-bond acceptors (Lipinski definition) is 5. The van der Waals surface area contributed by atoms with Crippen LogP contribution in [0.1, 0.15) is 12.1 Å². The summed E-state index contributed by atoms with van der Waals surface area (Å²) in [6, 6.07) is 7.49. The molecule has 2 aliphatic rings. The Morgan fingerprint density at radius 2 is 2.09 bits per heavy atom. The third-order valence-electron chi connectivity index (χ3n) is 4.42. The topological polar surface area (TPSA) is 80.5 Å². The fourth-order valence-corrected chi connectivity index (χ4v) is 3.12. The molecule has 0 bridgehead atoms. The van der Waals surface area contributed by atoms with Crippen LogP contribution in [0.15, 0.2) is 18.2 Å². The van der Waals surface area contributed by atoms with Crippen molar-refractivity contribution in [2.45, 2.75) is 12.5 Å². The maximum absolute atomic E-state index is 12.2. The predicted octanol–water partition coefficient (Wildman–Crippen LogP) is 0.0786. The highest BCUT2D eigenvalue weighted by Crippen LogP contribution is 2.28. The lowest BCUT2D eigenvalue weighted by molar-refractivity contribution is -0.133. The van der Waals surface area contributed by atoms with Gasteiger partial charge in [0.05, 0.1) is 12.0 Å². The third kappa shape index (κ3) is 2.84. The highest BCUT2D eigenvalue weighted by atomic mass is 16.2. The average Bonchev–Trinajstić information content (AvgIpc) is 2.87. The van der Waals surface area contributed by atoms with Crippen LogP contribution in [0.2, 0.25) is 0 Å². The normalized spacial score (nSPS) is 21.1. The van der Waals surface area contributed by atoms with E-state index in [2.05, 4.69) is 4.98 Å². The summed E-state index contributed by atoms with van der Waals surface area (Å²) in [5, 5.41) is 8.90. The Morgan fingerprint density at radius 3 is 2.74 bits per heavy atom. The van der Waals surface area contributed by atoms with Crippen LogP contribution in [0.3, 0.4) is 0 Å². The molecule has 2 amide bonds. The van der Waals surface area contributed by atoms with Gasteiger partial charge in [0.2, 0.25) is 11.8 Å². The van der Waals surface area contributed by atoms with Crippen molar-refractivity contribution in [1.82, 2.24) is 14.8 Å². The molecule has 2 aliphatic heterocycles. The minimum atomic E-state index is -0.230. The molecule has 1 unspecified atom stereocenters. The first-order chi connectivity index (χ1) is 11.0. The van der Waals surface area contributed by atoms with Gasteiger partial charge in [-0.15, -0.1) is 0 Å². The van der Waals surface area contributed by atoms with Crippen molar-refractivity contribution in [2.75, 3.05) is 38.6 Å². The Balaban J connectivity index is 1.60. The summed E-state index contributed by atoms with van der Waals surface area (Å²) < 4.78 is 0. The fourth-order valence-electron chi connectivity index (χ4n) is 3.12. The number of pyridine rings is 1. The molecule has 2 fully saturated rings. The van der Waals surface area contributed by atoms with E-state index in [4.69, 9.17) is 5.26 Å². The zero-order valence-corrected chi connectivity index (χ0v) is 13.3. The van der Waals surface area contributed by atoms with Crippen LogP contribution >= 0.6 is 0 Å². The van der Waals surface area contributed by atoms with Gasteiger partial charge in [-0.3, -0.25) is 9.59 Å². The number of nitrogens with zero attached hydrogens (tertiary/aromatic N) is 5. The molecule has 1 atom stereocenters. The zero-order chi connectivity index (χ0) is 16.6. The highest BCUT2D eigenvalue weighted by Gasteiger charge is 2.42. The van der Waals surface area contributed by atoms with Crippen molar-refractivity contribution >= 4 is 17.6 Å². The molecule has 0 N–H and O–H groups in total. The number of hydrogen-bond donors (Lipinski definition) is 0. The van der Waals surface area contributed by atoms with E-state index in [0.29, 0.717) is 31.7 Å². The molecule has 7 nitrogen and oxygen atoms in total. The van der Waals surface area contributed by atoms with Crippen LogP contribution in [-0.2, 0) is 9.59 Å². The Labute approximate surface area is 135 Å². The summed E-state index contributed by atoms with van der Waals surface area (Å²) in [7, 11) is 3.43. The molecule has 120 valence electrons. The first kappa shape index (κ1) is 15.3. The van der Waals surface area contributed by atoms with E-state index in [1.165, 1.54) is 0 Å². The lowest BCUT2D eigenvalue weighted by Crippen LogP contribution is -2.60. The van der Waals surface area contributed by atoms with E-state index in [-0.39, 0.29) is 23.8 Å². The second-order valence-corrected chi connectivity index (χ2v) is 6.23. The van der Waals surface area contributed by atoms with Gasteiger partial charge in [0, 0.05) is 40.2 Å². The Bertz CT molecular complexity index is 675. The van der Waals surface area contributed by atoms with Crippen LogP contribution in [-0.4, -0.2) is 66.4 Å². The SMILES string of the molecule is CN(C)C(=O)C1CC(=O)N(C2CN(c3cccc(C#N)n3)C2)C1. The number of rotatable bonds is 3. The second kappa shape index (κ2) is 5.88. The summed E-state index contributed by atoms with van der Waals surface area (Å²) in [5.74, 6) is 0.591. The fraction of sp³-hybridized carbons (Fsp3) is 0.500. The number of carbonyl (C=O) groups is 2. The number of likely N-dealkylation sites (tertiary alicyclic amines) is 1. The lowest BCUT2D eigenvalue weighted by atomic mass is 10.1. The summed E-state index contributed by atoms with van der Waals surface area (Å²) >= 11 is 0. The summed E-state index contributed by atoms with van der Waals surface area (Å²) in [4.78, 5) is 33.9. The molecule has 0 aliphatic carbocycles. The Hall–Kier alpha value is -2.62. The lowest BCUT2D eigenvalue weighted by Gasteiger charge is -2.44. The average molecular weight is 313 g/mol. The minimum absolute atomic E-state index is 0.0143. The quantitative estimate of drug-likeness (QED) is 0.789. The Kier molecular flexibility index (Phi) is 3.90. The molecular weight excluding hydrogens is 294 g/mol. The zero-order valence-electron chi connectivity index (χ0n) is 13.3. The molecule has 0 aromatic carbocycles. The van der Waals surface area contributed by atoms with Crippen molar-refractivity contribution in [2.24, 2.45) is 5.92 Å². The van der Waals surface area contributed by atoms with E-state index < -0.39 is 0 Å². The minimum Gasteiger partial charge on any atom is -0.352 e. The van der Waals surface area contributed by atoms with E-state index in [1.54, 1.807) is 31.1 Å². The molecule has 3 heterocycles. The summed E-state index contributed by atoms with van der Waals surface area (Å²) in [6.45, 7) is 1.88. The number of amides is 2. The molecule has 3 rings (SSSR count). The molecule has 1 aromatic heterocycles. The van der Waals surface area contributed by atoms with E-state index >= 15 is 0 Å². The molecule has 1 aromatic rings. The summed E-state index contributed by atoms with van der Waals surface area (Å²) in [5.41, 5.74) is 0.389. The van der Waals surface area contributed by atoms with Gasteiger partial charge in [-0.05, 0) is 12.1 Å². The number of carbonyl (C=O) groups excluding carboxylic acids is 2. The molecule has 2 saturated heterocycles. The number of nitriles is 1. The molecule has 23 heavy (non-hydrogen) atoms. The van der Waals surface area contributed by atoms with Crippen LogP contribution in [0.25, 0.3) is 0 Å². The summed E-state index contributed by atoms with van der Waals surface area (Å²) in [6.07, 6.45) is 0.301. The highest BCUT2D eigenvalue weighted by molar-refractivity contribution is 5.89. The van der Waals surface area contributed by atoms with Gasteiger partial charge in [0.1, 0.15) is 17.6 Å². The van der Waals surface area contributed by atoms with Crippen molar-refractivity contribution in [3.63, 3.8) is 0 Å². The smallest absolute Gasteiger partial charge is 0.227 e. The molecule has 0 radical (unpaired) electrons. The van der Waals surface area contributed by atoms with Crippen molar-refractivity contribution in [3.05, 3.63) is 23.9 Å². The molecule has 0 spiro atoms. The standard InChI is InChI=1S/C16H19N5O2/c1-19(2)16(23)11-6-15(22)21(8-11)13-9-20(10-13)14-5-3-4-12(7-17)18-14/h3-5,11,13H,6,8-10H2,1-2H3. The van der Waals surface area contributed by atoms with Gasteiger partial charge in [0.25, 0.3) is 0 Å². The van der Waals surface area contributed by atoms with E-state index in [9.17, 15) is 9.59 Å². The maximum atomic E-state index is 12.2. The van der Waals surface area contributed by atoms with Crippen LogP contribution < -0.4 is 4.90 Å². The van der Waals surface area contributed by atoms with Gasteiger partial charge in [0.15, 0.2) is 0 Å². The van der Waals surface area contributed by atoms with Gasteiger partial charge < -0.3 is 14.7 Å². The van der Waals surface area contributed by atoms with Gasteiger partial charge in [-0.2, -0.15) is 5.26 Å². The van der Waals surface area contributed by atoms with E-state index in [0.717, 1.165) is 5.82 Å². The van der Waals surface area contributed by atoms with Gasteiger partial charge >= 0.3 is 0 Å². The second-order valence-electron chi connectivity index (χ2n) is 6.23. The van der Waals surface area contributed by atoms with Crippen LogP contribution in [0, 0.1) is 17.2 Å². The predicted molar refractivity (Wildman–Crippen MR) is 83.5 cm³/mol. The van der Waals surface area contributed by atoms with Gasteiger partial charge in [-0.25, -0.2) is 4.98 Å².